The molecule has 0 aromatic heterocycles. The summed E-state index contributed by atoms with van der Waals surface area (Å²) in [6.07, 6.45) is 0.215. The van der Waals surface area contributed by atoms with Gasteiger partial charge in [-0.3, -0.25) is 9.52 Å². The van der Waals surface area contributed by atoms with E-state index in [9.17, 15) is 31.5 Å². The molecule has 0 saturated carbocycles. The minimum Gasteiger partial charge on any atom is -0.507 e. The molecule has 0 spiro atoms. The van der Waals surface area contributed by atoms with E-state index in [0.717, 1.165) is 6.07 Å². The van der Waals surface area contributed by atoms with Crippen molar-refractivity contribution in [1.29, 1.82) is 0 Å². The van der Waals surface area contributed by atoms with Gasteiger partial charge in [0.25, 0.3) is 0 Å². The molecule has 21 heavy (non-hydrogen) atoms. The molecule has 0 unspecified atom stereocenters. The number of benzene rings is 2. The van der Waals surface area contributed by atoms with Gasteiger partial charge in [-0.1, -0.05) is 24.3 Å². The van der Waals surface area contributed by atoms with Crippen LogP contribution in [0.25, 0.3) is 10.8 Å². The van der Waals surface area contributed by atoms with Gasteiger partial charge >= 0.3 is 15.5 Å². The number of carbonyl (C=O) groups is 1. The Labute approximate surface area is 117 Å². The van der Waals surface area contributed by atoms with Crippen LogP contribution in [0.4, 0.5) is 18.9 Å². The minimum atomic E-state index is -5.63. The SMILES string of the molecule is O=Cc1cc(NS(=O)(=O)C(F)(F)F)c2ccccc2c1O. The van der Waals surface area contributed by atoms with E-state index in [2.05, 4.69) is 0 Å². The standard InChI is InChI=1S/C12H8F3NO4S/c13-12(14,15)21(19,20)16-10-5-7(6-17)11(18)9-4-2-1-3-8(9)10/h1-6,16,18H. The number of aromatic hydroxyl groups is 1. The van der Waals surface area contributed by atoms with Crippen molar-refractivity contribution in [3.8, 4) is 5.75 Å². The molecule has 0 amide bonds. The number of fused-ring (bicyclic) bond motifs is 1. The second-order valence-electron chi connectivity index (χ2n) is 4.08. The van der Waals surface area contributed by atoms with Gasteiger partial charge in [-0.15, -0.1) is 0 Å². The van der Waals surface area contributed by atoms with Gasteiger partial charge in [-0.05, 0) is 6.07 Å². The summed E-state index contributed by atoms with van der Waals surface area (Å²) in [5, 5.41) is 9.89. The van der Waals surface area contributed by atoms with Crippen molar-refractivity contribution < 1.29 is 31.5 Å². The predicted octanol–water partition coefficient (Wildman–Crippen LogP) is 2.62. The van der Waals surface area contributed by atoms with Crippen LogP contribution in [0.5, 0.6) is 5.75 Å². The van der Waals surface area contributed by atoms with E-state index in [1.54, 1.807) is 0 Å². The lowest BCUT2D eigenvalue weighted by Gasteiger charge is -2.14. The Kier molecular flexibility index (Phi) is 3.54. The van der Waals surface area contributed by atoms with Crippen LogP contribution in [0.15, 0.2) is 30.3 Å². The summed E-state index contributed by atoms with van der Waals surface area (Å²) >= 11 is 0. The maximum atomic E-state index is 12.4. The van der Waals surface area contributed by atoms with Gasteiger partial charge in [-0.25, -0.2) is 0 Å². The van der Waals surface area contributed by atoms with Crippen molar-refractivity contribution >= 4 is 32.8 Å². The molecule has 0 fully saturated rings. The lowest BCUT2D eigenvalue weighted by atomic mass is 10.0. The van der Waals surface area contributed by atoms with Crippen LogP contribution < -0.4 is 4.72 Å². The van der Waals surface area contributed by atoms with Gasteiger partial charge in [0.2, 0.25) is 0 Å². The summed E-state index contributed by atoms with van der Waals surface area (Å²) in [5.41, 5.74) is -6.26. The number of hydrogen-bond donors (Lipinski definition) is 2. The number of phenols is 1. The average Bonchev–Trinajstić information content (AvgIpc) is 2.40. The van der Waals surface area contributed by atoms with E-state index in [4.69, 9.17) is 0 Å². The lowest BCUT2D eigenvalue weighted by molar-refractivity contribution is -0.0429. The molecule has 2 N–H and O–H groups in total. The molecule has 0 atom stereocenters. The third kappa shape index (κ3) is 2.64. The zero-order valence-corrected chi connectivity index (χ0v) is 11.0. The highest BCUT2D eigenvalue weighted by atomic mass is 32.2. The molecule has 0 aliphatic carbocycles. The van der Waals surface area contributed by atoms with E-state index < -0.39 is 27.0 Å². The minimum absolute atomic E-state index is 0.0356. The van der Waals surface area contributed by atoms with Crippen molar-refractivity contribution in [2.24, 2.45) is 0 Å². The average molecular weight is 319 g/mol. The van der Waals surface area contributed by atoms with E-state index in [0.29, 0.717) is 0 Å². The van der Waals surface area contributed by atoms with Crippen molar-refractivity contribution in [3.05, 3.63) is 35.9 Å². The lowest BCUT2D eigenvalue weighted by Crippen LogP contribution is -2.30. The molecule has 9 heteroatoms. The summed E-state index contributed by atoms with van der Waals surface area (Å²) < 4.78 is 60.9. The van der Waals surface area contributed by atoms with E-state index in [1.807, 2.05) is 0 Å². The fraction of sp³-hybridized carbons (Fsp3) is 0.0833. The van der Waals surface area contributed by atoms with Crippen LogP contribution in [-0.2, 0) is 10.0 Å². The molecule has 112 valence electrons. The molecule has 0 bridgehead atoms. The van der Waals surface area contributed by atoms with E-state index in [1.165, 1.54) is 29.0 Å². The highest BCUT2D eigenvalue weighted by Crippen LogP contribution is 2.35. The molecule has 0 radical (unpaired) electrons. The van der Waals surface area contributed by atoms with Crippen molar-refractivity contribution in [2.45, 2.75) is 5.51 Å². The maximum absolute atomic E-state index is 12.4. The van der Waals surface area contributed by atoms with Crippen LogP contribution >= 0.6 is 0 Å². The Morgan fingerprint density at radius 1 is 1.14 bits per heavy atom. The third-order valence-corrected chi connectivity index (χ3v) is 3.82. The first-order valence-electron chi connectivity index (χ1n) is 5.46. The molecule has 0 saturated heterocycles. The predicted molar refractivity (Wildman–Crippen MR) is 69.6 cm³/mol. The highest BCUT2D eigenvalue weighted by Gasteiger charge is 2.46. The second-order valence-corrected chi connectivity index (χ2v) is 5.75. The summed E-state index contributed by atoms with van der Waals surface area (Å²) in [7, 11) is -5.63. The highest BCUT2D eigenvalue weighted by molar-refractivity contribution is 7.93. The third-order valence-electron chi connectivity index (χ3n) is 2.72. The van der Waals surface area contributed by atoms with Gasteiger partial charge in [-0.2, -0.15) is 21.6 Å². The van der Waals surface area contributed by atoms with Gasteiger partial charge in [0.15, 0.2) is 6.29 Å². The van der Waals surface area contributed by atoms with E-state index >= 15 is 0 Å². The molecule has 2 rings (SSSR count). The Balaban J connectivity index is 2.70. The Morgan fingerprint density at radius 2 is 1.71 bits per heavy atom. The molecule has 0 aliphatic rings. The number of aldehydes is 1. The molecule has 5 nitrogen and oxygen atoms in total. The van der Waals surface area contributed by atoms with Gasteiger partial charge in [0.1, 0.15) is 5.75 Å². The zero-order valence-electron chi connectivity index (χ0n) is 10.2. The van der Waals surface area contributed by atoms with Crippen molar-refractivity contribution in [2.75, 3.05) is 4.72 Å². The van der Waals surface area contributed by atoms with E-state index in [-0.39, 0.29) is 22.6 Å². The Morgan fingerprint density at radius 3 is 2.24 bits per heavy atom. The molecule has 0 heterocycles. The molecular formula is C12H8F3NO4S. The first-order chi connectivity index (χ1) is 9.67. The number of sulfonamides is 1. The quantitative estimate of drug-likeness (QED) is 0.673. The molecule has 2 aromatic rings. The van der Waals surface area contributed by atoms with Crippen molar-refractivity contribution in [1.82, 2.24) is 0 Å². The second kappa shape index (κ2) is 4.92. The van der Waals surface area contributed by atoms with Crippen LogP contribution in [0.1, 0.15) is 10.4 Å². The number of rotatable bonds is 3. The first-order valence-corrected chi connectivity index (χ1v) is 6.94. The zero-order chi connectivity index (χ0) is 15.8. The number of carbonyl (C=O) groups excluding carboxylic acids is 1. The van der Waals surface area contributed by atoms with Gasteiger partial charge in [0, 0.05) is 10.8 Å². The van der Waals surface area contributed by atoms with Gasteiger partial charge in [0.05, 0.1) is 11.3 Å². The maximum Gasteiger partial charge on any atom is 0.516 e. The molecule has 2 aromatic carbocycles. The number of phenolic OH excluding ortho intramolecular Hbond substituents is 1. The fourth-order valence-electron chi connectivity index (χ4n) is 1.76. The van der Waals surface area contributed by atoms with Crippen LogP contribution in [-0.4, -0.2) is 25.3 Å². The van der Waals surface area contributed by atoms with Crippen LogP contribution in [0.3, 0.4) is 0 Å². The van der Waals surface area contributed by atoms with Crippen LogP contribution in [0, 0.1) is 0 Å². The number of hydrogen-bond acceptors (Lipinski definition) is 4. The normalized spacial score (nSPS) is 12.3. The van der Waals surface area contributed by atoms with Crippen molar-refractivity contribution in [3.63, 3.8) is 0 Å². The summed E-state index contributed by atoms with van der Waals surface area (Å²) in [4.78, 5) is 10.8. The number of halogens is 3. The molecular weight excluding hydrogens is 311 g/mol. The summed E-state index contributed by atoms with van der Waals surface area (Å²) in [6, 6.07) is 6.45. The number of nitrogens with one attached hydrogen (secondary N) is 1. The Hall–Kier alpha value is -2.29. The summed E-state index contributed by atoms with van der Waals surface area (Å²) in [6.45, 7) is 0. The van der Waals surface area contributed by atoms with Crippen LogP contribution in [0.2, 0.25) is 0 Å². The topological polar surface area (TPSA) is 83.5 Å². The monoisotopic (exact) mass is 319 g/mol. The largest absolute Gasteiger partial charge is 0.516 e. The molecule has 0 aliphatic heterocycles. The number of anilines is 1. The summed E-state index contributed by atoms with van der Waals surface area (Å²) in [5.74, 6) is -0.435. The smallest absolute Gasteiger partial charge is 0.507 e. The van der Waals surface area contributed by atoms with Gasteiger partial charge < -0.3 is 5.11 Å². The first kappa shape index (κ1) is 15.1. The Bertz CT molecular complexity index is 815. The fourth-order valence-corrected chi connectivity index (χ4v) is 2.33. The number of alkyl halides is 3.